The van der Waals surface area contributed by atoms with Crippen LogP contribution in [0.4, 0.5) is 17.1 Å². The number of likely N-dealkylation sites (N-methyl/N-ethyl adjacent to an activating group) is 1. The minimum absolute atomic E-state index is 0.192. The Morgan fingerprint density at radius 3 is 1.30 bits per heavy atom. The fourth-order valence-electron chi connectivity index (χ4n) is 6.53. The molecule has 1 aliphatic heterocycles. The molecule has 0 radical (unpaired) electrons. The van der Waals surface area contributed by atoms with Crippen LogP contribution >= 0.6 is 0 Å². The molecule has 378 valence electrons. The van der Waals surface area contributed by atoms with Gasteiger partial charge in [-0.15, -0.1) is 0 Å². The average molecular weight is 961 g/mol. The van der Waals surface area contributed by atoms with Crippen molar-refractivity contribution in [2.45, 2.75) is 52.4 Å². The molecule has 0 atom stereocenters. The van der Waals surface area contributed by atoms with E-state index in [1.54, 1.807) is 0 Å². The molecule has 0 bridgehead atoms. The lowest BCUT2D eigenvalue weighted by Crippen LogP contribution is -2.28. The smallest absolute Gasteiger partial charge is 0.243 e. The van der Waals surface area contributed by atoms with Gasteiger partial charge in [-0.05, 0) is 55.2 Å². The molecule has 1 fully saturated rings. The van der Waals surface area contributed by atoms with E-state index in [2.05, 4.69) is 121 Å². The van der Waals surface area contributed by atoms with Gasteiger partial charge in [0.05, 0.1) is 20.7 Å². The van der Waals surface area contributed by atoms with Crippen LogP contribution in [0.5, 0.6) is 0 Å². The number of nitrogens with zero attached hydrogens (tertiary/aromatic N) is 11. The van der Waals surface area contributed by atoms with Gasteiger partial charge in [0.15, 0.2) is 74.4 Å². The molecule has 0 unspecified atom stereocenters. The maximum atomic E-state index is 8.71. The van der Waals surface area contributed by atoms with Crippen LogP contribution in [0.2, 0.25) is 0 Å². The fraction of sp³-hybridized carbons (Fsp3) is 0.421. The van der Waals surface area contributed by atoms with Crippen LogP contribution in [0.3, 0.4) is 0 Å². The molecule has 70 heavy (non-hydrogen) atoms. The van der Waals surface area contributed by atoms with Crippen molar-refractivity contribution in [1.29, 1.82) is 0 Å². The van der Waals surface area contributed by atoms with E-state index < -0.39 is 0 Å². The molecular formula is C57H90N11O2+7. The number of aryl methyl sites for hydroxylation is 10. The van der Waals surface area contributed by atoms with Gasteiger partial charge in [-0.1, -0.05) is 13.8 Å². The Labute approximate surface area is 422 Å². The first-order chi connectivity index (χ1) is 33.4. The summed E-state index contributed by atoms with van der Waals surface area (Å²) >= 11 is 0. The van der Waals surface area contributed by atoms with Gasteiger partial charge in [-0.3, -0.25) is 0 Å². The van der Waals surface area contributed by atoms with Gasteiger partial charge in [0, 0.05) is 137 Å². The van der Waals surface area contributed by atoms with Gasteiger partial charge in [-0.2, -0.15) is 0 Å². The number of imidazole rings is 1. The predicted octanol–water partition coefficient (Wildman–Crippen LogP) is 4.37. The number of anilines is 3. The number of pyridine rings is 6. The number of hydrogen-bond acceptors (Lipinski definition) is 5. The van der Waals surface area contributed by atoms with Crippen molar-refractivity contribution >= 4 is 17.1 Å². The topological polar surface area (TPSA) is 82.3 Å². The zero-order valence-corrected chi connectivity index (χ0v) is 45.3. The Morgan fingerprint density at radius 2 is 0.943 bits per heavy atom. The standard InChI is InChI=1S/C10H15N2.C9H15N2O.C9H14NO.C9H14N.C8H13N2.C7H10N.C5H9N2/c1-11-8-4-10(5-9-11)12-6-2-3-7-12;1-10-5-3-9(4-6-10)11(2)7-8-12;1-10-6-4-9(5-7-10)3-2-8-11;1-8(2)9-4-6-10(3)7-5-9;1-9(2)8-4-6-10(3)7-5-8;1-7-3-5-8(2)6-4-7;1-6-3-4-7(2)5-6/h4-5,8-9H,2-3,6-7H2,1H3;3-6,12H,7-8H2,1-2H3;4-7,11H,2-3,8H2,1H3;4-8H,1-3H3;4-7H,1-3H3;3-6H,1-2H3;3-5H,1-2H3/q7*+1. The molecule has 1 saturated heterocycles. The van der Waals surface area contributed by atoms with Crippen LogP contribution in [-0.4, -0.2) is 68.8 Å². The Hall–Kier alpha value is -6.57. The summed E-state index contributed by atoms with van der Waals surface area (Å²) in [5.74, 6) is 0.640. The Bertz CT molecular complexity index is 2280. The summed E-state index contributed by atoms with van der Waals surface area (Å²) in [5, 5.41) is 17.3. The number of aromatic nitrogens is 8. The van der Waals surface area contributed by atoms with Crippen LogP contribution in [0.15, 0.2) is 166 Å². The Morgan fingerprint density at radius 1 is 0.529 bits per heavy atom. The minimum atomic E-state index is 0.192. The molecule has 7 aromatic rings. The van der Waals surface area contributed by atoms with Crippen molar-refractivity contribution in [3.63, 3.8) is 0 Å². The quantitative estimate of drug-likeness (QED) is 0.211. The van der Waals surface area contributed by atoms with Crippen molar-refractivity contribution in [2.24, 2.45) is 56.4 Å². The number of aliphatic hydroxyl groups is 2. The molecule has 2 N–H and O–H groups in total. The molecule has 0 aromatic carbocycles. The predicted molar refractivity (Wildman–Crippen MR) is 283 cm³/mol. The summed E-state index contributed by atoms with van der Waals surface area (Å²) in [4.78, 5) is 6.54. The lowest BCUT2D eigenvalue weighted by atomic mass is 10.1. The van der Waals surface area contributed by atoms with Crippen molar-refractivity contribution in [1.82, 2.24) is 4.57 Å². The highest BCUT2D eigenvalue weighted by Crippen LogP contribution is 2.17. The second-order valence-electron chi connectivity index (χ2n) is 18.3. The van der Waals surface area contributed by atoms with Crippen LogP contribution in [0.1, 0.15) is 55.7 Å². The largest absolute Gasteiger partial charge is 0.396 e. The first-order valence-corrected chi connectivity index (χ1v) is 24.4. The molecule has 0 saturated carbocycles. The fourth-order valence-corrected chi connectivity index (χ4v) is 6.53. The van der Waals surface area contributed by atoms with E-state index in [0.29, 0.717) is 12.5 Å². The van der Waals surface area contributed by atoms with Gasteiger partial charge in [0.2, 0.25) is 6.33 Å². The van der Waals surface area contributed by atoms with Crippen LogP contribution in [0, 0.1) is 6.92 Å². The molecule has 13 nitrogen and oxygen atoms in total. The molecule has 8 heterocycles. The van der Waals surface area contributed by atoms with Crippen LogP contribution in [0.25, 0.3) is 0 Å². The Balaban J connectivity index is 0.000000282. The molecule has 0 aliphatic carbocycles. The second-order valence-corrected chi connectivity index (χ2v) is 18.3. The molecule has 8 rings (SSSR count). The summed E-state index contributed by atoms with van der Waals surface area (Å²) in [5.41, 5.74) is 7.73. The van der Waals surface area contributed by atoms with Gasteiger partial charge in [0.25, 0.3) is 0 Å². The average Bonchev–Trinajstić information content (AvgIpc) is 4.03. The molecule has 7 aromatic heterocycles. The van der Waals surface area contributed by atoms with Gasteiger partial charge < -0.3 is 24.9 Å². The third-order valence-electron chi connectivity index (χ3n) is 11.1. The highest BCUT2D eigenvalue weighted by molar-refractivity contribution is 5.44. The van der Waals surface area contributed by atoms with E-state index in [1.807, 2.05) is 195 Å². The molecule has 1 aliphatic rings. The van der Waals surface area contributed by atoms with Gasteiger partial charge in [0.1, 0.15) is 54.7 Å². The second kappa shape index (κ2) is 33.8. The lowest BCUT2D eigenvalue weighted by molar-refractivity contribution is -0.671. The van der Waals surface area contributed by atoms with Crippen molar-refractivity contribution < 1.29 is 42.2 Å². The van der Waals surface area contributed by atoms with Crippen molar-refractivity contribution in [2.75, 3.05) is 68.7 Å². The third kappa shape index (κ3) is 26.3. The summed E-state index contributed by atoms with van der Waals surface area (Å²) in [7, 11) is 22.1. The summed E-state index contributed by atoms with van der Waals surface area (Å²) in [6, 6.07) is 25.2. The minimum Gasteiger partial charge on any atom is -0.396 e. The number of aliphatic hydroxyl groups excluding tert-OH is 2. The zero-order chi connectivity index (χ0) is 51.8. The maximum Gasteiger partial charge on any atom is 0.243 e. The highest BCUT2D eigenvalue weighted by atomic mass is 16.3. The summed E-state index contributed by atoms with van der Waals surface area (Å²) in [6.45, 7) is 10.1. The molecule has 0 spiro atoms. The monoisotopic (exact) mass is 961 g/mol. The van der Waals surface area contributed by atoms with E-state index in [0.717, 1.165) is 18.5 Å². The van der Waals surface area contributed by atoms with E-state index in [9.17, 15) is 0 Å². The third-order valence-corrected chi connectivity index (χ3v) is 11.1. The van der Waals surface area contributed by atoms with Crippen molar-refractivity contribution in [3.8, 4) is 0 Å². The van der Waals surface area contributed by atoms with E-state index in [-0.39, 0.29) is 13.2 Å². The van der Waals surface area contributed by atoms with Gasteiger partial charge >= 0.3 is 0 Å². The normalized spacial score (nSPS) is 11.0. The number of rotatable bonds is 9. The lowest BCUT2D eigenvalue weighted by Gasteiger charge is -2.16. The highest BCUT2D eigenvalue weighted by Gasteiger charge is 2.12. The van der Waals surface area contributed by atoms with E-state index in [4.69, 9.17) is 10.2 Å². The van der Waals surface area contributed by atoms with Crippen LogP contribution in [-0.2, 0) is 62.8 Å². The zero-order valence-electron chi connectivity index (χ0n) is 45.3. The van der Waals surface area contributed by atoms with Crippen molar-refractivity contribution in [3.05, 3.63) is 183 Å². The first-order valence-electron chi connectivity index (χ1n) is 24.4. The number of hydrogen-bond donors (Lipinski definition) is 2. The van der Waals surface area contributed by atoms with E-state index in [1.165, 1.54) is 54.0 Å². The molecule has 13 heteroatoms. The summed E-state index contributed by atoms with van der Waals surface area (Å²) < 4.78 is 16.1. The Kier molecular flexibility index (Phi) is 28.8. The maximum absolute atomic E-state index is 8.71. The van der Waals surface area contributed by atoms with Gasteiger partial charge in [-0.25, -0.2) is 36.5 Å². The van der Waals surface area contributed by atoms with Crippen LogP contribution < -0.4 is 46.7 Å². The summed E-state index contributed by atoms with van der Waals surface area (Å²) in [6.07, 6.45) is 35.1. The first kappa shape index (κ1) is 59.6. The SMILES string of the molecule is CC(C)c1cc[n+](C)cc1.CN(C)c1cc[n+](C)cc1.CN(CCO)c1cc[n+](C)cc1.C[n+]1ccc(CCCO)cc1.C[n+]1ccc(N2CCCC2)cc1.Cc1cc[n+](C)cc1.Cn1cc[n+](C)c1. The molecule has 0 amide bonds. The molecular weight excluding hydrogens is 871 g/mol. The van der Waals surface area contributed by atoms with E-state index >= 15 is 0 Å².